The molecular formula is C26H27F2N5O. The predicted molar refractivity (Wildman–Crippen MR) is 127 cm³/mol. The Hall–Kier alpha value is -3.13. The van der Waals surface area contributed by atoms with Crippen LogP contribution in [0.3, 0.4) is 0 Å². The largest absolute Gasteiger partial charge is 0.341 e. The fourth-order valence-electron chi connectivity index (χ4n) is 5.36. The van der Waals surface area contributed by atoms with Crippen molar-refractivity contribution in [2.45, 2.75) is 51.6 Å². The van der Waals surface area contributed by atoms with Crippen molar-refractivity contribution in [1.29, 1.82) is 0 Å². The van der Waals surface area contributed by atoms with Gasteiger partial charge in [-0.2, -0.15) is 5.10 Å². The maximum atomic E-state index is 16.2. The summed E-state index contributed by atoms with van der Waals surface area (Å²) in [4.78, 5) is 19.9. The number of benzene rings is 1. The third kappa shape index (κ3) is 3.35. The van der Waals surface area contributed by atoms with Crippen LogP contribution in [0, 0.1) is 25.5 Å². The first-order chi connectivity index (χ1) is 16.3. The van der Waals surface area contributed by atoms with Gasteiger partial charge in [-0.3, -0.25) is 9.78 Å². The summed E-state index contributed by atoms with van der Waals surface area (Å²) in [7, 11) is 2.06. The Morgan fingerprint density at radius 1 is 0.971 bits per heavy atom. The standard InChI is InChI=1S/C26H27F2N5O/c1-14-10-16(11-15(2)29-14)22-21(27)12-19-24-20(13-32(17-4-5-17)25(19)23(22)28)26(34)33(30-24)18-6-8-31(3)9-7-18/h10-13,17-18H,4-9H2,1-3H3. The molecule has 1 saturated carbocycles. The molecule has 2 fully saturated rings. The zero-order valence-electron chi connectivity index (χ0n) is 19.6. The number of aromatic nitrogens is 4. The van der Waals surface area contributed by atoms with Crippen LogP contribution in [0.4, 0.5) is 8.78 Å². The Bertz CT molecular complexity index is 1440. The van der Waals surface area contributed by atoms with Crippen LogP contribution in [0.2, 0.25) is 0 Å². The van der Waals surface area contributed by atoms with Crippen LogP contribution >= 0.6 is 0 Å². The molecular weight excluding hydrogens is 436 g/mol. The average Bonchev–Trinajstić information content (AvgIpc) is 3.57. The lowest BCUT2D eigenvalue weighted by molar-refractivity contribution is 0.210. The van der Waals surface area contributed by atoms with Gasteiger partial charge in [-0.25, -0.2) is 13.5 Å². The molecule has 0 N–H and O–H groups in total. The van der Waals surface area contributed by atoms with E-state index < -0.39 is 11.6 Å². The minimum Gasteiger partial charge on any atom is -0.341 e. The average molecular weight is 464 g/mol. The van der Waals surface area contributed by atoms with Gasteiger partial charge < -0.3 is 9.47 Å². The lowest BCUT2D eigenvalue weighted by Gasteiger charge is -2.28. The molecule has 6 nitrogen and oxygen atoms in total. The van der Waals surface area contributed by atoms with Gasteiger partial charge in [0.2, 0.25) is 0 Å². The van der Waals surface area contributed by atoms with E-state index in [0.29, 0.717) is 39.1 Å². The Balaban J connectivity index is 1.62. The fraction of sp³-hybridized carbons (Fsp3) is 0.423. The molecule has 1 aliphatic carbocycles. The summed E-state index contributed by atoms with van der Waals surface area (Å²) in [5.41, 5.74) is 2.75. The molecule has 0 amide bonds. The number of pyridine rings is 2. The Kier molecular flexibility index (Phi) is 4.85. The Morgan fingerprint density at radius 3 is 2.29 bits per heavy atom. The van der Waals surface area contributed by atoms with Crippen LogP contribution in [0.25, 0.3) is 33.3 Å². The van der Waals surface area contributed by atoms with Gasteiger partial charge >= 0.3 is 0 Å². The van der Waals surface area contributed by atoms with Gasteiger partial charge in [0.1, 0.15) is 11.5 Å². The van der Waals surface area contributed by atoms with Gasteiger partial charge in [0, 0.05) is 29.0 Å². The highest BCUT2D eigenvalue weighted by Gasteiger charge is 2.33. The minimum absolute atomic E-state index is 0.00254. The number of aryl methyl sites for hydroxylation is 2. The quantitative estimate of drug-likeness (QED) is 0.435. The van der Waals surface area contributed by atoms with E-state index >= 15 is 8.78 Å². The molecule has 0 radical (unpaired) electrons. The van der Waals surface area contributed by atoms with Crippen LogP contribution in [0.1, 0.15) is 49.2 Å². The number of rotatable bonds is 3. The van der Waals surface area contributed by atoms with Crippen molar-refractivity contribution in [2.24, 2.45) is 0 Å². The van der Waals surface area contributed by atoms with Crippen molar-refractivity contribution >= 4 is 10.9 Å². The van der Waals surface area contributed by atoms with E-state index in [1.165, 1.54) is 6.07 Å². The van der Waals surface area contributed by atoms with Gasteiger partial charge in [0.25, 0.3) is 5.56 Å². The highest BCUT2D eigenvalue weighted by Crippen LogP contribution is 2.43. The molecule has 176 valence electrons. The Morgan fingerprint density at radius 2 is 1.65 bits per heavy atom. The SMILES string of the molecule is Cc1cc(-c2c(F)cc3c4nn(C5CCN(C)CC5)c(=O)c-4cn(C4CC4)c3c2F)cc(C)n1. The summed E-state index contributed by atoms with van der Waals surface area (Å²) in [5.74, 6) is -1.28. The van der Waals surface area contributed by atoms with E-state index in [9.17, 15) is 4.79 Å². The number of hydrogen-bond donors (Lipinski definition) is 0. The van der Waals surface area contributed by atoms with Crippen molar-refractivity contribution in [3.8, 4) is 22.4 Å². The van der Waals surface area contributed by atoms with Gasteiger partial charge in [0.15, 0.2) is 5.82 Å². The lowest BCUT2D eigenvalue weighted by Crippen LogP contribution is -2.34. The highest BCUT2D eigenvalue weighted by molar-refractivity contribution is 5.97. The Labute approximate surface area is 196 Å². The third-order valence-corrected chi connectivity index (χ3v) is 7.22. The molecule has 0 unspecified atom stereocenters. The van der Waals surface area contributed by atoms with Crippen molar-refractivity contribution in [1.82, 2.24) is 24.2 Å². The number of nitrogens with zero attached hydrogens (tertiary/aromatic N) is 5. The molecule has 3 aliphatic heterocycles. The second-order valence-electron chi connectivity index (χ2n) is 9.90. The molecule has 1 aromatic heterocycles. The number of fused-ring (bicyclic) bond motifs is 3. The summed E-state index contributed by atoms with van der Waals surface area (Å²) in [6.07, 6.45) is 5.20. The maximum Gasteiger partial charge on any atom is 0.278 e. The van der Waals surface area contributed by atoms with Gasteiger partial charge in [0.05, 0.1) is 22.7 Å². The van der Waals surface area contributed by atoms with Crippen molar-refractivity contribution in [3.05, 3.63) is 57.8 Å². The summed E-state index contributed by atoms with van der Waals surface area (Å²) in [6, 6.07) is 4.85. The summed E-state index contributed by atoms with van der Waals surface area (Å²) < 4.78 is 35.1. The molecule has 0 spiro atoms. The van der Waals surface area contributed by atoms with Crippen LogP contribution in [-0.2, 0) is 0 Å². The van der Waals surface area contributed by atoms with Crippen molar-refractivity contribution < 1.29 is 8.78 Å². The van der Waals surface area contributed by atoms with Crippen LogP contribution in [-0.4, -0.2) is 44.4 Å². The maximum absolute atomic E-state index is 16.2. The highest BCUT2D eigenvalue weighted by atomic mass is 19.1. The normalized spacial score (nSPS) is 17.8. The van der Waals surface area contributed by atoms with E-state index in [2.05, 4.69) is 22.0 Å². The number of hydrogen-bond acceptors (Lipinski definition) is 4. The summed E-state index contributed by atoms with van der Waals surface area (Å²) >= 11 is 0. The summed E-state index contributed by atoms with van der Waals surface area (Å²) in [6.45, 7) is 5.40. The molecule has 8 heteroatoms. The monoisotopic (exact) mass is 463 g/mol. The van der Waals surface area contributed by atoms with E-state index in [4.69, 9.17) is 0 Å². The molecule has 6 rings (SSSR count). The van der Waals surface area contributed by atoms with Crippen molar-refractivity contribution in [2.75, 3.05) is 20.1 Å². The first kappa shape index (κ1) is 21.4. The molecule has 2 aromatic rings. The molecule has 0 bridgehead atoms. The molecule has 4 aliphatic rings. The first-order valence-corrected chi connectivity index (χ1v) is 11.9. The molecule has 0 atom stereocenters. The van der Waals surface area contributed by atoms with E-state index in [0.717, 1.165) is 38.8 Å². The smallest absolute Gasteiger partial charge is 0.278 e. The van der Waals surface area contributed by atoms with Gasteiger partial charge in [-0.1, -0.05) is 0 Å². The first-order valence-electron chi connectivity index (χ1n) is 11.9. The van der Waals surface area contributed by atoms with Crippen LogP contribution in [0.15, 0.2) is 29.2 Å². The molecule has 4 heterocycles. The van der Waals surface area contributed by atoms with Gasteiger partial charge in [-0.05, 0) is 83.4 Å². The number of likely N-dealkylation sites (tertiary alicyclic amines) is 1. The zero-order valence-corrected chi connectivity index (χ0v) is 19.6. The minimum atomic E-state index is -0.661. The molecule has 1 saturated heterocycles. The number of piperidine rings is 1. The number of halogens is 2. The van der Waals surface area contributed by atoms with E-state index in [1.807, 2.05) is 18.4 Å². The third-order valence-electron chi connectivity index (χ3n) is 7.22. The topological polar surface area (TPSA) is 56.0 Å². The second-order valence-corrected chi connectivity index (χ2v) is 9.90. The predicted octanol–water partition coefficient (Wildman–Crippen LogP) is 4.86. The van der Waals surface area contributed by atoms with Crippen LogP contribution in [0.5, 0.6) is 0 Å². The molecule has 1 aromatic carbocycles. The van der Waals surface area contributed by atoms with Gasteiger partial charge in [-0.15, -0.1) is 0 Å². The van der Waals surface area contributed by atoms with Crippen LogP contribution < -0.4 is 5.56 Å². The van der Waals surface area contributed by atoms with E-state index in [1.54, 1.807) is 23.0 Å². The second kappa shape index (κ2) is 7.70. The zero-order chi connectivity index (χ0) is 23.7. The van der Waals surface area contributed by atoms with Crippen molar-refractivity contribution in [3.63, 3.8) is 0 Å². The molecule has 34 heavy (non-hydrogen) atoms. The summed E-state index contributed by atoms with van der Waals surface area (Å²) in [5, 5.41) is 5.01. The fourth-order valence-corrected chi connectivity index (χ4v) is 5.36. The van der Waals surface area contributed by atoms with E-state index in [-0.39, 0.29) is 23.2 Å². The lowest BCUT2D eigenvalue weighted by atomic mass is 9.98.